The third-order valence-electron chi connectivity index (χ3n) is 4.94. The molecule has 4 nitrogen and oxygen atoms in total. The molecular weight excluding hydrogens is 380 g/mol. The van der Waals surface area contributed by atoms with Gasteiger partial charge in [-0.15, -0.1) is 12.4 Å². The molecule has 2 N–H and O–H groups in total. The van der Waals surface area contributed by atoms with Crippen LogP contribution in [0.15, 0.2) is 28.7 Å². The first-order valence-corrected chi connectivity index (χ1v) is 8.81. The van der Waals surface area contributed by atoms with E-state index in [1.807, 2.05) is 0 Å². The minimum absolute atomic E-state index is 0. The van der Waals surface area contributed by atoms with Gasteiger partial charge in [0, 0.05) is 36.2 Å². The Hall–Kier alpha value is -0.620. The molecule has 1 unspecified atom stereocenters. The van der Waals surface area contributed by atoms with Crippen LogP contribution in [0.1, 0.15) is 24.8 Å². The molecule has 0 aliphatic carbocycles. The molecule has 1 aromatic rings. The van der Waals surface area contributed by atoms with Gasteiger partial charge in [0.2, 0.25) is 5.91 Å². The second-order valence-corrected chi connectivity index (χ2v) is 7.22. The first-order valence-electron chi connectivity index (χ1n) is 8.02. The van der Waals surface area contributed by atoms with Crippen molar-refractivity contribution in [1.29, 1.82) is 0 Å². The van der Waals surface area contributed by atoms with Crippen molar-refractivity contribution in [3.63, 3.8) is 0 Å². The number of hydrogen-bond donors (Lipinski definition) is 2. The zero-order valence-corrected chi connectivity index (χ0v) is 15.5. The molecule has 1 aromatic carbocycles. The van der Waals surface area contributed by atoms with E-state index in [0.717, 1.165) is 50.0 Å². The van der Waals surface area contributed by atoms with E-state index in [1.165, 1.54) is 5.56 Å². The minimum Gasteiger partial charge on any atom is -0.381 e. The summed E-state index contributed by atoms with van der Waals surface area (Å²) in [6.45, 7) is 3.98. The number of halogens is 2. The van der Waals surface area contributed by atoms with E-state index in [9.17, 15) is 4.79 Å². The summed E-state index contributed by atoms with van der Waals surface area (Å²) in [6, 6.07) is 8.49. The Labute approximate surface area is 152 Å². The van der Waals surface area contributed by atoms with Crippen molar-refractivity contribution in [2.45, 2.75) is 24.7 Å². The van der Waals surface area contributed by atoms with Gasteiger partial charge in [-0.25, -0.2) is 0 Å². The lowest BCUT2D eigenvalue weighted by atomic mass is 9.74. The number of carbonyl (C=O) groups is 1. The van der Waals surface area contributed by atoms with Crippen LogP contribution >= 0.6 is 28.3 Å². The third-order valence-corrected chi connectivity index (χ3v) is 5.47. The monoisotopic (exact) mass is 402 g/mol. The number of amides is 1. The molecule has 2 aliphatic rings. The number of nitrogens with one attached hydrogen (secondary N) is 2. The van der Waals surface area contributed by atoms with Gasteiger partial charge in [0.25, 0.3) is 0 Å². The highest BCUT2D eigenvalue weighted by Crippen LogP contribution is 2.35. The van der Waals surface area contributed by atoms with E-state index >= 15 is 0 Å². The zero-order valence-electron chi connectivity index (χ0n) is 13.1. The second kappa shape index (κ2) is 8.47. The predicted octanol–water partition coefficient (Wildman–Crippen LogP) is 2.64. The lowest BCUT2D eigenvalue weighted by Gasteiger charge is -2.38. The van der Waals surface area contributed by atoms with Gasteiger partial charge in [0.05, 0.1) is 5.92 Å². The summed E-state index contributed by atoms with van der Waals surface area (Å²) in [4.78, 5) is 12.3. The van der Waals surface area contributed by atoms with Crippen molar-refractivity contribution in [2.75, 3.05) is 32.8 Å². The molecule has 2 aliphatic heterocycles. The van der Waals surface area contributed by atoms with Crippen LogP contribution in [0, 0.1) is 5.92 Å². The Morgan fingerprint density at radius 2 is 2.00 bits per heavy atom. The van der Waals surface area contributed by atoms with Gasteiger partial charge < -0.3 is 15.4 Å². The molecule has 6 heteroatoms. The van der Waals surface area contributed by atoms with Crippen LogP contribution in [-0.4, -0.2) is 38.8 Å². The minimum atomic E-state index is 0. The number of carbonyl (C=O) groups excluding carboxylic acids is 1. The molecule has 0 spiro atoms. The molecule has 3 rings (SSSR count). The smallest absolute Gasteiger partial charge is 0.224 e. The maximum atomic E-state index is 12.3. The molecule has 1 amide bonds. The van der Waals surface area contributed by atoms with Gasteiger partial charge >= 0.3 is 0 Å². The second-order valence-electron chi connectivity index (χ2n) is 6.31. The van der Waals surface area contributed by atoms with Gasteiger partial charge in [-0.3, -0.25) is 4.79 Å². The number of ether oxygens (including phenoxy) is 1. The lowest BCUT2D eigenvalue weighted by molar-refractivity contribution is -0.124. The van der Waals surface area contributed by atoms with E-state index in [1.54, 1.807) is 0 Å². The van der Waals surface area contributed by atoms with Crippen LogP contribution in [0.25, 0.3) is 0 Å². The maximum Gasteiger partial charge on any atom is 0.224 e. The van der Waals surface area contributed by atoms with E-state index < -0.39 is 0 Å². The summed E-state index contributed by atoms with van der Waals surface area (Å²) in [6.07, 6.45) is 2.86. The molecule has 1 atom stereocenters. The highest BCUT2D eigenvalue weighted by atomic mass is 79.9. The standard InChI is InChI=1S/C17H23BrN2O2.ClH/c18-15-3-1-14(2-4-15)17(6-9-22-10-7-17)12-20-16(21)13-5-8-19-11-13;/h1-4,13,19H,5-12H2,(H,20,21);1H. The number of hydrogen-bond acceptors (Lipinski definition) is 3. The summed E-state index contributed by atoms with van der Waals surface area (Å²) in [5, 5.41) is 6.45. The molecule has 0 radical (unpaired) electrons. The Balaban J connectivity index is 0.00000192. The quantitative estimate of drug-likeness (QED) is 0.812. The van der Waals surface area contributed by atoms with Crippen LogP contribution in [0.3, 0.4) is 0 Å². The van der Waals surface area contributed by atoms with E-state index in [-0.39, 0.29) is 29.6 Å². The summed E-state index contributed by atoms with van der Waals surface area (Å²) in [5.74, 6) is 0.315. The molecule has 0 aromatic heterocycles. The normalized spacial score (nSPS) is 23.1. The summed E-state index contributed by atoms with van der Waals surface area (Å²) >= 11 is 3.49. The average molecular weight is 404 g/mol. The fourth-order valence-corrected chi connectivity index (χ4v) is 3.68. The molecule has 128 valence electrons. The fraction of sp³-hybridized carbons (Fsp3) is 0.588. The zero-order chi connectivity index (χ0) is 15.4. The summed E-state index contributed by atoms with van der Waals surface area (Å²) < 4.78 is 6.63. The van der Waals surface area contributed by atoms with E-state index in [2.05, 4.69) is 50.8 Å². The third kappa shape index (κ3) is 4.47. The van der Waals surface area contributed by atoms with Crippen LogP contribution in [0.5, 0.6) is 0 Å². The van der Waals surface area contributed by atoms with Crippen LogP contribution in [0.2, 0.25) is 0 Å². The summed E-state index contributed by atoms with van der Waals surface area (Å²) in [7, 11) is 0. The van der Waals surface area contributed by atoms with E-state index in [4.69, 9.17) is 4.74 Å². The van der Waals surface area contributed by atoms with E-state index in [0.29, 0.717) is 6.54 Å². The summed E-state index contributed by atoms with van der Waals surface area (Å²) in [5.41, 5.74) is 1.30. The topological polar surface area (TPSA) is 50.4 Å². The van der Waals surface area contributed by atoms with Gasteiger partial charge in [0.15, 0.2) is 0 Å². The van der Waals surface area contributed by atoms with Crippen molar-refractivity contribution in [3.8, 4) is 0 Å². The lowest BCUT2D eigenvalue weighted by Crippen LogP contribution is -2.46. The average Bonchev–Trinajstić information content (AvgIpc) is 3.09. The largest absolute Gasteiger partial charge is 0.381 e. The Kier molecular flexibility index (Phi) is 6.89. The van der Waals surface area contributed by atoms with Crippen molar-refractivity contribution in [2.24, 2.45) is 5.92 Å². The molecule has 0 bridgehead atoms. The molecule has 2 fully saturated rings. The van der Waals surface area contributed by atoms with Crippen LogP contribution in [0.4, 0.5) is 0 Å². The molecule has 2 saturated heterocycles. The Morgan fingerprint density at radius 3 is 2.61 bits per heavy atom. The first kappa shape index (κ1) is 18.7. The SMILES string of the molecule is Cl.O=C(NCC1(c2ccc(Br)cc2)CCOCC1)C1CCNC1. The molecule has 23 heavy (non-hydrogen) atoms. The fourth-order valence-electron chi connectivity index (χ4n) is 3.41. The Bertz CT molecular complexity index is 512. The van der Waals surface area contributed by atoms with Gasteiger partial charge in [-0.1, -0.05) is 28.1 Å². The van der Waals surface area contributed by atoms with Crippen molar-refractivity contribution in [1.82, 2.24) is 10.6 Å². The first-order chi connectivity index (χ1) is 10.7. The van der Waals surface area contributed by atoms with Crippen molar-refractivity contribution >= 4 is 34.2 Å². The van der Waals surface area contributed by atoms with Gasteiger partial charge in [-0.05, 0) is 43.5 Å². The van der Waals surface area contributed by atoms with Gasteiger partial charge in [-0.2, -0.15) is 0 Å². The molecule has 2 heterocycles. The van der Waals surface area contributed by atoms with Crippen LogP contribution < -0.4 is 10.6 Å². The predicted molar refractivity (Wildman–Crippen MR) is 97.1 cm³/mol. The number of benzene rings is 1. The van der Waals surface area contributed by atoms with Crippen molar-refractivity contribution in [3.05, 3.63) is 34.3 Å². The highest BCUT2D eigenvalue weighted by molar-refractivity contribution is 9.10. The Morgan fingerprint density at radius 1 is 1.30 bits per heavy atom. The van der Waals surface area contributed by atoms with Crippen LogP contribution in [-0.2, 0) is 14.9 Å². The number of rotatable bonds is 4. The highest BCUT2D eigenvalue weighted by Gasteiger charge is 2.35. The van der Waals surface area contributed by atoms with Crippen molar-refractivity contribution < 1.29 is 9.53 Å². The molecule has 0 saturated carbocycles. The maximum absolute atomic E-state index is 12.3. The molecular formula is C17H24BrClN2O2. The van der Waals surface area contributed by atoms with Gasteiger partial charge in [0.1, 0.15) is 0 Å².